The van der Waals surface area contributed by atoms with Crippen molar-refractivity contribution >= 4 is 11.8 Å². The molecule has 1 aromatic rings. The molecule has 0 bridgehead atoms. The molecular formula is C14H18O2S. The zero-order valence-corrected chi connectivity index (χ0v) is 10.9. The number of fused-ring (bicyclic) bond motifs is 2. The first kappa shape index (κ1) is 11.4. The Morgan fingerprint density at radius 1 is 1.29 bits per heavy atom. The minimum absolute atomic E-state index is 0.0606. The summed E-state index contributed by atoms with van der Waals surface area (Å²) in [5.74, 6) is 0.347. The van der Waals surface area contributed by atoms with Gasteiger partial charge in [-0.3, -0.25) is 0 Å². The molecule has 1 aromatic carbocycles. The summed E-state index contributed by atoms with van der Waals surface area (Å²) in [6, 6.07) is 5.73. The van der Waals surface area contributed by atoms with Crippen LogP contribution >= 0.6 is 11.8 Å². The highest BCUT2D eigenvalue weighted by Crippen LogP contribution is 2.54. The van der Waals surface area contributed by atoms with Gasteiger partial charge in [-0.05, 0) is 36.8 Å². The zero-order valence-electron chi connectivity index (χ0n) is 10.1. The van der Waals surface area contributed by atoms with Crippen molar-refractivity contribution in [2.45, 2.75) is 43.1 Å². The molecule has 1 fully saturated rings. The SMILES string of the molecule is CSC1OC2(CCCCC2)c2ccc(O)cc21. The maximum atomic E-state index is 9.63. The van der Waals surface area contributed by atoms with Crippen LogP contribution in [0.25, 0.3) is 0 Å². The van der Waals surface area contributed by atoms with E-state index in [1.165, 1.54) is 30.4 Å². The highest BCUT2D eigenvalue weighted by Gasteiger charge is 2.45. The highest BCUT2D eigenvalue weighted by atomic mass is 32.2. The Labute approximate surface area is 106 Å². The Balaban J connectivity index is 2.06. The molecule has 2 aliphatic rings. The van der Waals surface area contributed by atoms with E-state index in [4.69, 9.17) is 4.74 Å². The van der Waals surface area contributed by atoms with E-state index in [0.29, 0.717) is 5.75 Å². The van der Waals surface area contributed by atoms with E-state index in [2.05, 4.69) is 12.3 Å². The van der Waals surface area contributed by atoms with Crippen LogP contribution in [0.15, 0.2) is 18.2 Å². The van der Waals surface area contributed by atoms with Crippen LogP contribution in [-0.2, 0) is 10.3 Å². The molecule has 1 aliphatic carbocycles. The molecule has 0 amide bonds. The summed E-state index contributed by atoms with van der Waals surface area (Å²) in [5, 5.41) is 9.63. The van der Waals surface area contributed by atoms with Gasteiger partial charge < -0.3 is 9.84 Å². The predicted molar refractivity (Wildman–Crippen MR) is 70.2 cm³/mol. The maximum absolute atomic E-state index is 9.63. The minimum Gasteiger partial charge on any atom is -0.508 e. The molecule has 1 spiro atoms. The molecule has 1 saturated carbocycles. The average molecular weight is 250 g/mol. The van der Waals surface area contributed by atoms with Crippen molar-refractivity contribution in [2.24, 2.45) is 0 Å². The van der Waals surface area contributed by atoms with Crippen molar-refractivity contribution < 1.29 is 9.84 Å². The van der Waals surface area contributed by atoms with Gasteiger partial charge in [0.15, 0.2) is 0 Å². The standard InChI is InChI=1S/C14H18O2S/c1-17-13-11-9-10(15)5-6-12(11)14(16-13)7-3-2-4-8-14/h5-6,9,13,15H,2-4,7-8H2,1H3. The Bertz CT molecular complexity index is 424. The minimum atomic E-state index is -0.0606. The van der Waals surface area contributed by atoms with Crippen molar-refractivity contribution in [3.8, 4) is 5.75 Å². The topological polar surface area (TPSA) is 29.5 Å². The molecule has 0 radical (unpaired) electrons. The smallest absolute Gasteiger partial charge is 0.129 e. The number of aromatic hydroxyl groups is 1. The van der Waals surface area contributed by atoms with Crippen LogP contribution in [0.2, 0.25) is 0 Å². The van der Waals surface area contributed by atoms with E-state index in [9.17, 15) is 5.11 Å². The molecule has 2 nitrogen and oxygen atoms in total. The lowest BCUT2D eigenvalue weighted by Crippen LogP contribution is -2.28. The second-order valence-electron chi connectivity index (χ2n) is 5.01. The molecule has 1 aliphatic heterocycles. The van der Waals surface area contributed by atoms with Crippen molar-refractivity contribution in [2.75, 3.05) is 6.26 Å². The summed E-state index contributed by atoms with van der Waals surface area (Å²) in [6.45, 7) is 0. The highest BCUT2D eigenvalue weighted by molar-refractivity contribution is 7.98. The number of rotatable bonds is 1. The molecule has 17 heavy (non-hydrogen) atoms. The molecule has 1 unspecified atom stereocenters. The summed E-state index contributed by atoms with van der Waals surface area (Å²) < 4.78 is 6.32. The molecule has 3 rings (SSSR count). The number of hydrogen-bond donors (Lipinski definition) is 1. The third kappa shape index (κ3) is 1.76. The fourth-order valence-corrected chi connectivity index (χ4v) is 3.91. The molecule has 0 saturated heterocycles. The summed E-state index contributed by atoms with van der Waals surface area (Å²) in [6.07, 6.45) is 8.15. The van der Waals surface area contributed by atoms with Crippen molar-refractivity contribution in [1.29, 1.82) is 0 Å². The van der Waals surface area contributed by atoms with Gasteiger partial charge in [-0.2, -0.15) is 0 Å². The van der Waals surface area contributed by atoms with Crippen LogP contribution < -0.4 is 0 Å². The van der Waals surface area contributed by atoms with Gasteiger partial charge in [-0.1, -0.05) is 25.3 Å². The molecule has 1 atom stereocenters. The third-order valence-electron chi connectivity index (χ3n) is 3.99. The number of ether oxygens (including phenoxy) is 1. The van der Waals surface area contributed by atoms with E-state index >= 15 is 0 Å². The van der Waals surface area contributed by atoms with E-state index in [1.54, 1.807) is 17.8 Å². The maximum Gasteiger partial charge on any atom is 0.129 e. The number of hydrogen-bond acceptors (Lipinski definition) is 3. The summed E-state index contributed by atoms with van der Waals surface area (Å²) in [7, 11) is 0. The first-order valence-electron chi connectivity index (χ1n) is 6.29. The van der Waals surface area contributed by atoms with Crippen molar-refractivity contribution in [3.63, 3.8) is 0 Å². The van der Waals surface area contributed by atoms with Gasteiger partial charge in [0, 0.05) is 5.56 Å². The van der Waals surface area contributed by atoms with E-state index in [-0.39, 0.29) is 11.0 Å². The Morgan fingerprint density at radius 3 is 2.76 bits per heavy atom. The van der Waals surface area contributed by atoms with Crippen LogP contribution in [0.4, 0.5) is 0 Å². The largest absolute Gasteiger partial charge is 0.508 e. The van der Waals surface area contributed by atoms with E-state index in [0.717, 1.165) is 12.8 Å². The predicted octanol–water partition coefficient (Wildman–Crippen LogP) is 3.94. The van der Waals surface area contributed by atoms with Gasteiger partial charge in [0.05, 0.1) is 5.60 Å². The van der Waals surface area contributed by atoms with Gasteiger partial charge in [-0.15, -0.1) is 11.8 Å². The quantitative estimate of drug-likeness (QED) is 0.818. The zero-order chi connectivity index (χ0) is 11.9. The first-order valence-corrected chi connectivity index (χ1v) is 7.58. The normalized spacial score (nSPS) is 26.1. The Morgan fingerprint density at radius 2 is 2.06 bits per heavy atom. The Hall–Kier alpha value is -0.670. The molecule has 3 heteroatoms. The Kier molecular flexibility index (Phi) is 2.83. The fraction of sp³-hybridized carbons (Fsp3) is 0.571. The van der Waals surface area contributed by atoms with Gasteiger partial charge in [0.2, 0.25) is 0 Å². The van der Waals surface area contributed by atoms with Gasteiger partial charge >= 0.3 is 0 Å². The van der Waals surface area contributed by atoms with Crippen LogP contribution in [0, 0.1) is 0 Å². The van der Waals surface area contributed by atoms with E-state index in [1.807, 2.05) is 6.07 Å². The van der Waals surface area contributed by atoms with Crippen LogP contribution in [0.5, 0.6) is 5.75 Å². The second kappa shape index (κ2) is 4.21. The molecule has 1 N–H and O–H groups in total. The van der Waals surface area contributed by atoms with Gasteiger partial charge in [-0.25, -0.2) is 0 Å². The summed E-state index contributed by atoms with van der Waals surface area (Å²) in [4.78, 5) is 0. The lowest BCUT2D eigenvalue weighted by molar-refractivity contribution is -0.0674. The first-order chi connectivity index (χ1) is 8.25. The summed E-state index contributed by atoms with van der Waals surface area (Å²) in [5.41, 5.74) is 2.53. The molecule has 1 heterocycles. The van der Waals surface area contributed by atoms with Crippen molar-refractivity contribution in [3.05, 3.63) is 29.3 Å². The molecular weight excluding hydrogens is 232 g/mol. The molecule has 92 valence electrons. The summed E-state index contributed by atoms with van der Waals surface area (Å²) >= 11 is 1.72. The van der Waals surface area contributed by atoms with Gasteiger partial charge in [0.1, 0.15) is 11.2 Å². The van der Waals surface area contributed by atoms with E-state index < -0.39 is 0 Å². The lowest BCUT2D eigenvalue weighted by Gasteiger charge is -2.34. The van der Waals surface area contributed by atoms with Crippen LogP contribution in [0.1, 0.15) is 48.7 Å². The second-order valence-corrected chi connectivity index (χ2v) is 5.91. The van der Waals surface area contributed by atoms with Gasteiger partial charge in [0.25, 0.3) is 0 Å². The number of phenols is 1. The molecule has 0 aromatic heterocycles. The number of phenolic OH excluding ortho intramolecular Hbond substituents is 1. The van der Waals surface area contributed by atoms with Crippen LogP contribution in [-0.4, -0.2) is 11.4 Å². The monoisotopic (exact) mass is 250 g/mol. The number of benzene rings is 1. The average Bonchev–Trinajstić information content (AvgIpc) is 2.64. The van der Waals surface area contributed by atoms with Crippen LogP contribution in [0.3, 0.4) is 0 Å². The van der Waals surface area contributed by atoms with Crippen molar-refractivity contribution in [1.82, 2.24) is 0 Å². The third-order valence-corrected chi connectivity index (χ3v) is 4.77. The lowest BCUT2D eigenvalue weighted by atomic mass is 9.79. The fourth-order valence-electron chi connectivity index (χ4n) is 3.18. The number of thioether (sulfide) groups is 1.